The molecule has 3 unspecified atom stereocenters. The number of alkyl halides is 3. The van der Waals surface area contributed by atoms with Crippen LogP contribution in [0.5, 0.6) is 0 Å². The minimum atomic E-state index is -4.52. The first kappa shape index (κ1) is 17.2. The van der Waals surface area contributed by atoms with Crippen molar-refractivity contribution in [2.45, 2.75) is 44.3 Å². The summed E-state index contributed by atoms with van der Waals surface area (Å²) < 4.78 is 49.4. The first-order valence-electron chi connectivity index (χ1n) is 7.83. The van der Waals surface area contributed by atoms with Crippen molar-refractivity contribution in [2.75, 3.05) is 19.7 Å². The molecule has 0 radical (unpaired) electrons. The molecule has 1 spiro atoms. The van der Waals surface area contributed by atoms with Crippen molar-refractivity contribution in [1.29, 1.82) is 0 Å². The van der Waals surface area contributed by atoms with Crippen LogP contribution in [-0.2, 0) is 15.7 Å². The van der Waals surface area contributed by atoms with Crippen LogP contribution in [0.2, 0.25) is 0 Å². The standard InChI is InChI=1S/C16H19F3N2O3/c1-10-8-21(9-15(24-10)5-6-23-11(15)2)14(22)12-3-4-13(20-7-12)16(17,18)19/h3-4,7,10-11H,5-6,8-9H2,1-2H3. The lowest BCUT2D eigenvalue weighted by Gasteiger charge is -2.45. The molecule has 3 heterocycles. The van der Waals surface area contributed by atoms with Crippen LogP contribution in [0.4, 0.5) is 13.2 Å². The molecule has 24 heavy (non-hydrogen) atoms. The molecule has 3 atom stereocenters. The fourth-order valence-electron chi connectivity index (χ4n) is 3.32. The summed E-state index contributed by atoms with van der Waals surface area (Å²) in [6.45, 7) is 5.09. The fourth-order valence-corrected chi connectivity index (χ4v) is 3.32. The van der Waals surface area contributed by atoms with Gasteiger partial charge in [0.25, 0.3) is 5.91 Å². The van der Waals surface area contributed by atoms with Crippen LogP contribution in [0.1, 0.15) is 36.3 Å². The molecular weight excluding hydrogens is 325 g/mol. The monoisotopic (exact) mass is 344 g/mol. The number of halogens is 3. The first-order chi connectivity index (χ1) is 11.2. The number of ether oxygens (including phenoxy) is 2. The summed E-state index contributed by atoms with van der Waals surface area (Å²) in [5, 5.41) is 0. The van der Waals surface area contributed by atoms with E-state index >= 15 is 0 Å². The van der Waals surface area contributed by atoms with E-state index in [-0.39, 0.29) is 23.7 Å². The second-order valence-corrected chi connectivity index (χ2v) is 6.37. The van der Waals surface area contributed by atoms with Crippen LogP contribution in [0.3, 0.4) is 0 Å². The van der Waals surface area contributed by atoms with E-state index in [0.29, 0.717) is 26.1 Å². The van der Waals surface area contributed by atoms with E-state index in [9.17, 15) is 18.0 Å². The number of hydrogen-bond donors (Lipinski definition) is 0. The van der Waals surface area contributed by atoms with Gasteiger partial charge in [0.05, 0.1) is 24.3 Å². The van der Waals surface area contributed by atoms with Gasteiger partial charge < -0.3 is 14.4 Å². The van der Waals surface area contributed by atoms with E-state index in [1.54, 1.807) is 4.90 Å². The molecular formula is C16H19F3N2O3. The van der Waals surface area contributed by atoms with Gasteiger partial charge >= 0.3 is 6.18 Å². The fraction of sp³-hybridized carbons (Fsp3) is 0.625. The topological polar surface area (TPSA) is 51.7 Å². The summed E-state index contributed by atoms with van der Waals surface area (Å²) in [7, 11) is 0. The lowest BCUT2D eigenvalue weighted by Crippen LogP contribution is -2.59. The van der Waals surface area contributed by atoms with Gasteiger partial charge in [0.15, 0.2) is 0 Å². The predicted molar refractivity (Wildman–Crippen MR) is 78.5 cm³/mol. The number of carbonyl (C=O) groups excluding carboxylic acids is 1. The van der Waals surface area contributed by atoms with E-state index in [1.165, 1.54) is 6.07 Å². The van der Waals surface area contributed by atoms with E-state index < -0.39 is 17.5 Å². The Morgan fingerprint density at radius 2 is 2.12 bits per heavy atom. The molecule has 3 rings (SSSR count). The predicted octanol–water partition coefficient (Wildman–Crippen LogP) is 2.51. The second-order valence-electron chi connectivity index (χ2n) is 6.37. The highest BCUT2D eigenvalue weighted by Gasteiger charge is 2.48. The first-order valence-corrected chi connectivity index (χ1v) is 7.83. The van der Waals surface area contributed by atoms with Crippen molar-refractivity contribution in [1.82, 2.24) is 9.88 Å². The van der Waals surface area contributed by atoms with Crippen LogP contribution in [0.25, 0.3) is 0 Å². The summed E-state index contributed by atoms with van der Waals surface area (Å²) in [4.78, 5) is 17.6. The Kier molecular flexibility index (Phi) is 4.29. The molecule has 0 aromatic carbocycles. The Labute approximate surface area is 137 Å². The molecule has 8 heteroatoms. The number of nitrogens with zero attached hydrogens (tertiary/aromatic N) is 2. The third-order valence-corrected chi connectivity index (χ3v) is 4.59. The van der Waals surface area contributed by atoms with Crippen molar-refractivity contribution in [2.24, 2.45) is 0 Å². The van der Waals surface area contributed by atoms with Gasteiger partial charge in [0.2, 0.25) is 0 Å². The van der Waals surface area contributed by atoms with Crippen LogP contribution >= 0.6 is 0 Å². The molecule has 5 nitrogen and oxygen atoms in total. The molecule has 2 aliphatic heterocycles. The SMILES string of the molecule is CC1CN(C(=O)c2ccc(C(F)(F)F)nc2)CC2(CCOC2C)O1. The number of morpholine rings is 1. The van der Waals surface area contributed by atoms with Gasteiger partial charge in [-0.1, -0.05) is 0 Å². The van der Waals surface area contributed by atoms with Crippen LogP contribution in [0, 0.1) is 0 Å². The lowest BCUT2D eigenvalue weighted by molar-refractivity contribution is -0.160. The molecule has 132 valence electrons. The van der Waals surface area contributed by atoms with Crippen molar-refractivity contribution < 1.29 is 27.4 Å². The average molecular weight is 344 g/mol. The van der Waals surface area contributed by atoms with E-state index in [0.717, 1.165) is 12.3 Å². The van der Waals surface area contributed by atoms with Gasteiger partial charge in [-0.15, -0.1) is 0 Å². The Hall–Kier alpha value is -1.67. The summed E-state index contributed by atoms with van der Waals surface area (Å²) in [5.41, 5.74) is -1.42. The maximum atomic E-state index is 12.7. The highest BCUT2D eigenvalue weighted by Crippen LogP contribution is 2.35. The summed E-state index contributed by atoms with van der Waals surface area (Å²) in [6.07, 6.45) is -3.16. The summed E-state index contributed by atoms with van der Waals surface area (Å²) >= 11 is 0. The van der Waals surface area contributed by atoms with Crippen molar-refractivity contribution in [3.8, 4) is 0 Å². The Bertz CT molecular complexity index is 620. The Morgan fingerprint density at radius 1 is 1.38 bits per heavy atom. The van der Waals surface area contributed by atoms with Gasteiger partial charge in [-0.25, -0.2) is 0 Å². The molecule has 0 aliphatic carbocycles. The van der Waals surface area contributed by atoms with Crippen molar-refractivity contribution in [3.05, 3.63) is 29.6 Å². The molecule has 2 aliphatic rings. The molecule has 0 bridgehead atoms. The third-order valence-electron chi connectivity index (χ3n) is 4.59. The van der Waals surface area contributed by atoms with E-state index in [2.05, 4.69) is 4.98 Å². The molecule has 2 fully saturated rings. The smallest absolute Gasteiger partial charge is 0.375 e. The zero-order chi connectivity index (χ0) is 17.5. The third kappa shape index (κ3) is 3.12. The number of hydrogen-bond acceptors (Lipinski definition) is 4. The molecule has 0 saturated carbocycles. The zero-order valence-corrected chi connectivity index (χ0v) is 13.5. The largest absolute Gasteiger partial charge is 0.433 e. The van der Waals surface area contributed by atoms with E-state index in [4.69, 9.17) is 9.47 Å². The molecule has 1 amide bonds. The minimum absolute atomic E-state index is 0.138. The number of carbonyl (C=O) groups is 1. The maximum Gasteiger partial charge on any atom is 0.433 e. The highest BCUT2D eigenvalue weighted by molar-refractivity contribution is 5.94. The average Bonchev–Trinajstić information content (AvgIpc) is 2.85. The summed E-state index contributed by atoms with van der Waals surface area (Å²) in [5.74, 6) is -0.343. The number of aromatic nitrogens is 1. The van der Waals surface area contributed by atoms with Crippen LogP contribution in [0.15, 0.2) is 18.3 Å². The van der Waals surface area contributed by atoms with Gasteiger partial charge in [0, 0.05) is 25.8 Å². The second kappa shape index (κ2) is 6.00. The number of amides is 1. The van der Waals surface area contributed by atoms with Crippen molar-refractivity contribution in [3.63, 3.8) is 0 Å². The van der Waals surface area contributed by atoms with Gasteiger partial charge in [-0.05, 0) is 26.0 Å². The van der Waals surface area contributed by atoms with Crippen molar-refractivity contribution >= 4 is 5.91 Å². The number of rotatable bonds is 1. The number of pyridine rings is 1. The quantitative estimate of drug-likeness (QED) is 0.786. The van der Waals surface area contributed by atoms with Crippen LogP contribution < -0.4 is 0 Å². The van der Waals surface area contributed by atoms with E-state index in [1.807, 2.05) is 13.8 Å². The van der Waals surface area contributed by atoms with Gasteiger partial charge in [0.1, 0.15) is 11.3 Å². The van der Waals surface area contributed by atoms with Gasteiger partial charge in [-0.3, -0.25) is 9.78 Å². The Morgan fingerprint density at radius 3 is 2.67 bits per heavy atom. The summed E-state index contributed by atoms with van der Waals surface area (Å²) in [6, 6.07) is 1.99. The van der Waals surface area contributed by atoms with Crippen LogP contribution in [-0.4, -0.2) is 53.3 Å². The normalized spacial score (nSPS) is 30.8. The maximum absolute atomic E-state index is 12.7. The minimum Gasteiger partial charge on any atom is -0.375 e. The Balaban J connectivity index is 1.79. The molecule has 1 aromatic rings. The molecule has 1 aromatic heterocycles. The molecule has 0 N–H and O–H groups in total. The highest BCUT2D eigenvalue weighted by atomic mass is 19.4. The lowest BCUT2D eigenvalue weighted by atomic mass is 9.92. The molecule has 2 saturated heterocycles. The zero-order valence-electron chi connectivity index (χ0n) is 13.5. The van der Waals surface area contributed by atoms with Gasteiger partial charge in [-0.2, -0.15) is 13.2 Å².